The Labute approximate surface area is 129 Å². The van der Waals surface area contributed by atoms with Gasteiger partial charge in [-0.1, -0.05) is 4.21 Å². The van der Waals surface area contributed by atoms with Gasteiger partial charge in [-0.3, -0.25) is 9.78 Å². The summed E-state index contributed by atoms with van der Waals surface area (Å²) in [5.41, 5.74) is -0.690. The van der Waals surface area contributed by atoms with Crippen LogP contribution in [0.2, 0.25) is 0 Å². The van der Waals surface area contributed by atoms with E-state index in [-0.39, 0.29) is 23.3 Å². The minimum atomic E-state index is -3.62. The number of nitrogens with one attached hydrogen (secondary N) is 1. The topological polar surface area (TPSA) is 94.6 Å². The number of carbonyl (C=O) groups is 1. The number of fused-ring (bicyclic) bond motifs is 1. The average Bonchev–Trinajstić information content (AvgIpc) is 3.27. The van der Waals surface area contributed by atoms with Crippen LogP contribution in [-0.2, 0) is 19.4 Å². The predicted molar refractivity (Wildman–Crippen MR) is 76.6 cm³/mol. The van der Waals surface area contributed by atoms with Crippen molar-refractivity contribution in [1.29, 1.82) is 0 Å². The highest BCUT2D eigenvalue weighted by Crippen LogP contribution is 2.38. The summed E-state index contributed by atoms with van der Waals surface area (Å²) < 4.78 is 33.1. The molecule has 7 nitrogen and oxygen atoms in total. The van der Waals surface area contributed by atoms with E-state index >= 15 is 0 Å². The third kappa shape index (κ3) is 2.31. The number of pyridine rings is 1. The van der Waals surface area contributed by atoms with Crippen LogP contribution < -0.4 is 9.46 Å². The summed E-state index contributed by atoms with van der Waals surface area (Å²) in [7, 11) is -3.62. The summed E-state index contributed by atoms with van der Waals surface area (Å²) in [6, 6.07) is 1.56. The Hall–Kier alpha value is -1.51. The number of hydrogen-bond acceptors (Lipinski definition) is 5. The Morgan fingerprint density at radius 1 is 1.55 bits per heavy atom. The van der Waals surface area contributed by atoms with E-state index in [9.17, 15) is 13.6 Å². The normalized spacial score (nSPS) is 34.1. The van der Waals surface area contributed by atoms with Crippen molar-refractivity contribution in [3.8, 4) is 5.75 Å². The molecule has 0 radical (unpaired) electrons. The summed E-state index contributed by atoms with van der Waals surface area (Å²) in [5.74, 6) is 0.636. The fraction of sp³-hybridized carbons (Fsp3) is 0.571. The predicted octanol–water partition coefficient (Wildman–Crippen LogP) is 0.348. The van der Waals surface area contributed by atoms with Crippen LogP contribution in [0.5, 0.6) is 5.75 Å². The van der Waals surface area contributed by atoms with Crippen molar-refractivity contribution in [3.05, 3.63) is 18.5 Å². The van der Waals surface area contributed by atoms with Crippen LogP contribution in [0, 0.1) is 5.92 Å². The molecule has 1 N–H and O–H groups in total. The number of amides is 1. The second-order valence-electron chi connectivity index (χ2n) is 6.22. The fourth-order valence-electron chi connectivity index (χ4n) is 3.08. The Balaban J connectivity index is 1.62. The molecule has 1 saturated carbocycles. The molecule has 0 aromatic carbocycles. The molecule has 1 aromatic rings. The van der Waals surface area contributed by atoms with Gasteiger partial charge in [0.25, 0.3) is 0 Å². The van der Waals surface area contributed by atoms with Crippen LogP contribution in [0.3, 0.4) is 0 Å². The zero-order valence-corrected chi connectivity index (χ0v) is 12.8. The first-order valence-corrected chi connectivity index (χ1v) is 8.89. The van der Waals surface area contributed by atoms with Crippen molar-refractivity contribution in [3.63, 3.8) is 0 Å². The Morgan fingerprint density at radius 3 is 3.14 bits per heavy atom. The van der Waals surface area contributed by atoms with E-state index in [0.29, 0.717) is 25.3 Å². The molecule has 2 atom stereocenters. The highest BCUT2D eigenvalue weighted by molar-refractivity contribution is 7.95. The van der Waals surface area contributed by atoms with Gasteiger partial charge in [0.1, 0.15) is 5.60 Å². The molecule has 1 spiro atoms. The maximum absolute atomic E-state index is 12.3. The number of carbonyl (C=O) groups excluding carboxylic acids is 1. The molecule has 4 rings (SSSR count). The van der Waals surface area contributed by atoms with E-state index in [2.05, 4.69) is 9.71 Å². The van der Waals surface area contributed by atoms with E-state index in [1.165, 1.54) is 12.4 Å². The third-order valence-corrected chi connectivity index (χ3v) is 5.91. The highest BCUT2D eigenvalue weighted by Gasteiger charge is 2.49. The minimum Gasteiger partial charge on any atom is -0.593 e. The van der Waals surface area contributed by atoms with Crippen LogP contribution in [0.4, 0.5) is 0 Å². The Bertz CT molecular complexity index is 678. The number of likely N-dealkylation sites (tertiary alicyclic amines) is 1. The molecule has 8 heteroatoms. The van der Waals surface area contributed by atoms with Gasteiger partial charge in [0.05, 0.1) is 19.3 Å². The van der Waals surface area contributed by atoms with Crippen molar-refractivity contribution >= 4 is 16.3 Å². The average molecular weight is 323 g/mol. The molecule has 2 fully saturated rings. The van der Waals surface area contributed by atoms with Crippen molar-refractivity contribution in [2.45, 2.75) is 29.8 Å². The Kier molecular flexibility index (Phi) is 3.04. The summed E-state index contributed by atoms with van der Waals surface area (Å²) >= 11 is 0. The SMILES string of the molecule is O=C(C1CC1)N1CCC2(CN[S+](=O)([O-])c3cnccc3O2)C1. The largest absolute Gasteiger partial charge is 0.593 e. The lowest BCUT2D eigenvalue weighted by atomic mass is 10.0. The molecule has 1 aliphatic carbocycles. The maximum atomic E-state index is 12.3. The number of aromatic nitrogens is 1. The maximum Gasteiger partial charge on any atom is 0.235 e. The number of hydrogen-bond donors (Lipinski definition) is 1. The third-order valence-electron chi connectivity index (χ3n) is 4.50. The summed E-state index contributed by atoms with van der Waals surface area (Å²) in [4.78, 5) is 17.9. The van der Waals surface area contributed by atoms with Gasteiger partial charge in [0.2, 0.25) is 10.8 Å². The van der Waals surface area contributed by atoms with Gasteiger partial charge in [-0.2, -0.15) is 0 Å². The van der Waals surface area contributed by atoms with Gasteiger partial charge in [-0.25, -0.2) is 0 Å². The number of rotatable bonds is 1. The lowest BCUT2D eigenvalue weighted by Crippen LogP contribution is -2.49. The number of ether oxygens (including phenoxy) is 1. The van der Waals surface area contributed by atoms with Gasteiger partial charge in [0, 0.05) is 31.1 Å². The minimum absolute atomic E-state index is 0.0545. The van der Waals surface area contributed by atoms with E-state index in [1.54, 1.807) is 11.0 Å². The van der Waals surface area contributed by atoms with Gasteiger partial charge < -0.3 is 14.2 Å². The number of sulfonamides is 1. The van der Waals surface area contributed by atoms with Crippen LogP contribution in [0.1, 0.15) is 19.3 Å². The Morgan fingerprint density at radius 2 is 2.36 bits per heavy atom. The van der Waals surface area contributed by atoms with E-state index in [4.69, 9.17) is 4.74 Å². The van der Waals surface area contributed by atoms with Crippen molar-refractivity contribution in [2.24, 2.45) is 5.92 Å². The lowest BCUT2D eigenvalue weighted by Gasteiger charge is -2.27. The lowest BCUT2D eigenvalue weighted by molar-refractivity contribution is -0.132. The second kappa shape index (κ2) is 4.74. The summed E-state index contributed by atoms with van der Waals surface area (Å²) in [6.45, 7) is 1.20. The fourth-order valence-corrected chi connectivity index (χ4v) is 4.26. The molecule has 3 aliphatic rings. The van der Waals surface area contributed by atoms with Crippen LogP contribution in [-0.4, -0.2) is 45.6 Å². The van der Waals surface area contributed by atoms with Crippen molar-refractivity contribution in [1.82, 2.24) is 14.6 Å². The molecule has 2 unspecified atom stereocenters. The van der Waals surface area contributed by atoms with Gasteiger partial charge in [0.15, 0.2) is 16.1 Å². The van der Waals surface area contributed by atoms with E-state index in [1.807, 2.05) is 0 Å². The molecule has 1 saturated heterocycles. The number of nitrogens with zero attached hydrogens (tertiary/aromatic N) is 2. The first-order chi connectivity index (χ1) is 10.5. The van der Waals surface area contributed by atoms with Gasteiger partial charge in [-0.15, -0.1) is 4.72 Å². The van der Waals surface area contributed by atoms with Crippen LogP contribution >= 0.6 is 0 Å². The first kappa shape index (κ1) is 14.1. The second-order valence-corrected chi connectivity index (χ2v) is 7.95. The zero-order valence-electron chi connectivity index (χ0n) is 12.0. The highest BCUT2D eigenvalue weighted by atomic mass is 32.3. The standard InChI is InChI=1S/C14H17N3O4S/c18-13(10-1-2-10)17-6-4-14(9-17)8-16-22(19,20)12-7-15-5-3-11(12)21-14/h3,5,7,10H,1-2,4,6,8-9H2,(H-,16,19,20). The van der Waals surface area contributed by atoms with Gasteiger partial charge in [-0.05, 0) is 12.8 Å². The molecular weight excluding hydrogens is 306 g/mol. The van der Waals surface area contributed by atoms with Crippen LogP contribution in [0.25, 0.3) is 0 Å². The first-order valence-electron chi connectivity index (χ1n) is 7.41. The quantitative estimate of drug-likeness (QED) is 0.753. The molecule has 118 valence electrons. The molecular formula is C14H17N3O4S. The monoisotopic (exact) mass is 323 g/mol. The van der Waals surface area contributed by atoms with Crippen molar-refractivity contribution < 1.29 is 18.3 Å². The molecule has 1 amide bonds. The molecule has 2 aliphatic heterocycles. The molecule has 22 heavy (non-hydrogen) atoms. The summed E-state index contributed by atoms with van der Waals surface area (Å²) in [6.07, 6.45) is 5.35. The molecule has 1 aromatic heterocycles. The molecule has 3 heterocycles. The van der Waals surface area contributed by atoms with Crippen molar-refractivity contribution in [2.75, 3.05) is 19.6 Å². The smallest absolute Gasteiger partial charge is 0.235 e. The zero-order chi connectivity index (χ0) is 15.4. The van der Waals surface area contributed by atoms with E-state index in [0.717, 1.165) is 12.8 Å². The molecule has 0 bridgehead atoms. The van der Waals surface area contributed by atoms with E-state index < -0.39 is 16.0 Å². The summed E-state index contributed by atoms with van der Waals surface area (Å²) in [5, 5.41) is 0. The van der Waals surface area contributed by atoms with Gasteiger partial charge >= 0.3 is 0 Å². The van der Waals surface area contributed by atoms with Crippen LogP contribution in [0.15, 0.2) is 23.4 Å².